The first kappa shape index (κ1) is 26.1. The highest BCUT2D eigenvalue weighted by Crippen LogP contribution is 2.39. The Morgan fingerprint density at radius 3 is 2.43 bits per heavy atom. The van der Waals surface area contributed by atoms with Crippen molar-refractivity contribution in [3.05, 3.63) is 75.8 Å². The van der Waals surface area contributed by atoms with Crippen LogP contribution in [0.15, 0.2) is 58.6 Å². The van der Waals surface area contributed by atoms with E-state index >= 15 is 0 Å². The lowest BCUT2D eigenvalue weighted by Crippen LogP contribution is -2.51. The molecule has 0 saturated heterocycles. The highest BCUT2D eigenvalue weighted by atomic mass is 16.4. The topological polar surface area (TPSA) is 101 Å². The molecule has 1 aliphatic heterocycles. The zero-order valence-electron chi connectivity index (χ0n) is 21.1. The molecular formula is C28H35N3O4. The van der Waals surface area contributed by atoms with Gasteiger partial charge < -0.3 is 15.0 Å². The lowest BCUT2D eigenvalue weighted by atomic mass is 9.73. The van der Waals surface area contributed by atoms with E-state index in [4.69, 9.17) is 0 Å². The van der Waals surface area contributed by atoms with Gasteiger partial charge in [-0.15, -0.1) is 0 Å². The van der Waals surface area contributed by atoms with E-state index in [1.807, 2.05) is 59.0 Å². The number of carboxylic acids is 1. The average Bonchev–Trinajstić information content (AvgIpc) is 2.77. The summed E-state index contributed by atoms with van der Waals surface area (Å²) in [5.41, 5.74) is 3.35. The zero-order chi connectivity index (χ0) is 25.8. The zero-order valence-corrected chi connectivity index (χ0v) is 21.1. The Morgan fingerprint density at radius 1 is 1.14 bits per heavy atom. The predicted molar refractivity (Wildman–Crippen MR) is 138 cm³/mol. The second-order valence-corrected chi connectivity index (χ2v) is 10.1. The van der Waals surface area contributed by atoms with Crippen LogP contribution in [0.1, 0.15) is 62.8 Å². The predicted octanol–water partition coefficient (Wildman–Crippen LogP) is 4.53. The van der Waals surface area contributed by atoms with E-state index in [-0.39, 0.29) is 23.8 Å². The van der Waals surface area contributed by atoms with Crippen LogP contribution in [-0.4, -0.2) is 33.8 Å². The van der Waals surface area contributed by atoms with E-state index < -0.39 is 23.5 Å². The van der Waals surface area contributed by atoms with Crippen LogP contribution < -0.4 is 10.9 Å². The first-order chi connectivity index (χ1) is 16.5. The van der Waals surface area contributed by atoms with E-state index in [0.717, 1.165) is 22.3 Å². The summed E-state index contributed by atoms with van der Waals surface area (Å²) in [6, 6.07) is 9.42. The average molecular weight is 478 g/mol. The molecule has 2 aromatic rings. The van der Waals surface area contributed by atoms with E-state index in [1.165, 1.54) is 10.6 Å². The third-order valence-corrected chi connectivity index (χ3v) is 6.65. The first-order valence-electron chi connectivity index (χ1n) is 12.0. The monoisotopic (exact) mass is 477 g/mol. The normalized spacial score (nSPS) is 19.2. The quantitative estimate of drug-likeness (QED) is 0.554. The molecule has 0 bridgehead atoms. The van der Waals surface area contributed by atoms with Gasteiger partial charge in [-0.05, 0) is 60.9 Å². The second kappa shape index (κ2) is 10.8. The van der Waals surface area contributed by atoms with Gasteiger partial charge in [-0.2, -0.15) is 0 Å². The number of hydrogen-bond acceptors (Lipinski definition) is 4. The highest BCUT2D eigenvalue weighted by Gasteiger charge is 2.39. The van der Waals surface area contributed by atoms with Gasteiger partial charge in [0, 0.05) is 36.1 Å². The Bertz CT molecular complexity index is 1190. The van der Waals surface area contributed by atoms with E-state index in [9.17, 15) is 19.5 Å². The van der Waals surface area contributed by atoms with E-state index in [2.05, 4.69) is 10.3 Å². The van der Waals surface area contributed by atoms with Crippen molar-refractivity contribution in [1.29, 1.82) is 0 Å². The van der Waals surface area contributed by atoms with Crippen molar-refractivity contribution in [1.82, 2.24) is 9.88 Å². The number of hydrogen-bond donors (Lipinski definition) is 2. The molecule has 3 atom stereocenters. The van der Waals surface area contributed by atoms with Crippen LogP contribution in [0.25, 0.3) is 5.57 Å². The molecule has 1 unspecified atom stereocenters. The maximum Gasteiger partial charge on any atom is 0.305 e. The lowest BCUT2D eigenvalue weighted by Gasteiger charge is -2.38. The van der Waals surface area contributed by atoms with Crippen molar-refractivity contribution in [2.24, 2.45) is 16.3 Å². The molecule has 2 heterocycles. The van der Waals surface area contributed by atoms with E-state index in [1.54, 1.807) is 24.5 Å². The lowest BCUT2D eigenvalue weighted by molar-refractivity contribution is -0.138. The molecule has 7 heteroatoms. The van der Waals surface area contributed by atoms with Gasteiger partial charge in [0.25, 0.3) is 5.56 Å². The molecule has 0 spiro atoms. The minimum atomic E-state index is -1.01. The number of nitrogens with one attached hydrogen (secondary N) is 1. The van der Waals surface area contributed by atoms with Crippen molar-refractivity contribution in [2.45, 2.75) is 66.0 Å². The second-order valence-electron chi connectivity index (χ2n) is 10.1. The molecule has 3 rings (SSSR count). The third-order valence-electron chi connectivity index (χ3n) is 6.65. The number of aryl methyl sites for hydroxylation is 2. The Morgan fingerprint density at radius 2 is 1.83 bits per heavy atom. The summed E-state index contributed by atoms with van der Waals surface area (Å²) in [7, 11) is 0. The number of pyridine rings is 1. The van der Waals surface area contributed by atoms with Crippen molar-refractivity contribution < 1.29 is 14.7 Å². The number of carbonyl (C=O) groups is 2. The highest BCUT2D eigenvalue weighted by molar-refractivity contribution is 5.85. The Hall–Kier alpha value is -3.48. The number of benzene rings is 1. The van der Waals surface area contributed by atoms with Crippen LogP contribution in [-0.2, 0) is 9.59 Å². The van der Waals surface area contributed by atoms with Crippen LogP contribution in [0, 0.1) is 25.2 Å². The molecule has 186 valence electrons. The number of aromatic nitrogens is 1. The Labute approximate surface area is 206 Å². The fourth-order valence-electron chi connectivity index (χ4n) is 4.87. The van der Waals surface area contributed by atoms with Gasteiger partial charge in [0.05, 0.1) is 6.42 Å². The summed E-state index contributed by atoms with van der Waals surface area (Å²) in [6.07, 6.45) is 5.89. The fourth-order valence-corrected chi connectivity index (χ4v) is 4.87. The molecule has 0 radical (unpaired) electrons. The first-order valence-corrected chi connectivity index (χ1v) is 12.0. The maximum absolute atomic E-state index is 13.5. The fraction of sp³-hybridized carbons (Fsp3) is 0.429. The summed E-state index contributed by atoms with van der Waals surface area (Å²) in [5.74, 6) is -1.22. The number of aliphatic carboxylic acids is 1. The third kappa shape index (κ3) is 6.15. The van der Waals surface area contributed by atoms with Gasteiger partial charge in [-0.25, -0.2) is 0 Å². The molecule has 1 aromatic carbocycles. The molecule has 0 saturated carbocycles. The Balaban J connectivity index is 1.93. The van der Waals surface area contributed by atoms with Crippen molar-refractivity contribution >= 4 is 23.7 Å². The number of nitrogens with zero attached hydrogens (tertiary/aromatic N) is 2. The number of amides is 1. The SMILES string of the molecule is Cc1cccc(C)c1C1=CN=CC(C)([C@@H](CC(=O)O)NC(=O)[C@@H](CC(C)C)n2ccccc2=O)C1. The Kier molecular flexibility index (Phi) is 8.10. The molecule has 7 nitrogen and oxygen atoms in total. The maximum atomic E-state index is 13.5. The minimum absolute atomic E-state index is 0.154. The van der Waals surface area contributed by atoms with Crippen LogP contribution in [0.2, 0.25) is 0 Å². The van der Waals surface area contributed by atoms with Gasteiger partial charge in [-0.3, -0.25) is 19.4 Å². The number of aliphatic imine (C=N–C) groups is 1. The molecule has 0 fully saturated rings. The summed E-state index contributed by atoms with van der Waals surface area (Å²) in [6.45, 7) is 9.99. The molecule has 1 aromatic heterocycles. The smallest absolute Gasteiger partial charge is 0.305 e. The van der Waals surface area contributed by atoms with Gasteiger partial charge in [0.2, 0.25) is 5.91 Å². The van der Waals surface area contributed by atoms with Gasteiger partial charge in [0.1, 0.15) is 6.04 Å². The molecule has 1 amide bonds. The van der Waals surface area contributed by atoms with Crippen LogP contribution >= 0.6 is 0 Å². The molecule has 1 aliphatic rings. The van der Waals surface area contributed by atoms with Gasteiger partial charge in [-0.1, -0.05) is 45.0 Å². The van der Waals surface area contributed by atoms with Gasteiger partial charge in [0.15, 0.2) is 0 Å². The number of carbonyl (C=O) groups excluding carboxylic acids is 1. The number of allylic oxidation sites excluding steroid dienone is 1. The summed E-state index contributed by atoms with van der Waals surface area (Å²) < 4.78 is 1.42. The van der Waals surface area contributed by atoms with E-state index in [0.29, 0.717) is 12.8 Å². The minimum Gasteiger partial charge on any atom is -0.481 e. The number of carboxylic acid groups (broad SMARTS) is 1. The van der Waals surface area contributed by atoms with Crippen molar-refractivity contribution in [2.75, 3.05) is 0 Å². The molecule has 35 heavy (non-hydrogen) atoms. The van der Waals surface area contributed by atoms with Crippen LogP contribution in [0.5, 0.6) is 0 Å². The van der Waals surface area contributed by atoms with Crippen molar-refractivity contribution in [3.63, 3.8) is 0 Å². The van der Waals surface area contributed by atoms with Crippen LogP contribution in [0.4, 0.5) is 0 Å². The summed E-state index contributed by atoms with van der Waals surface area (Å²) in [4.78, 5) is 42.4. The molecule has 2 N–H and O–H groups in total. The molecule has 0 aliphatic carbocycles. The largest absolute Gasteiger partial charge is 0.481 e. The van der Waals surface area contributed by atoms with Crippen LogP contribution in [0.3, 0.4) is 0 Å². The number of rotatable bonds is 9. The summed E-state index contributed by atoms with van der Waals surface area (Å²) >= 11 is 0. The van der Waals surface area contributed by atoms with Gasteiger partial charge >= 0.3 is 5.97 Å². The standard InChI is InChI=1S/C28H35N3O4/c1-18(2)13-22(31-12-7-6-11-24(31)32)27(35)30-23(14-25(33)34)28(5)15-21(16-29-17-28)26-19(3)9-8-10-20(26)4/h6-12,16-18,22-23H,13-15H2,1-5H3,(H,30,35)(H,33,34)/t22-,23-,28?/m1/s1. The molecular weight excluding hydrogens is 442 g/mol. The van der Waals surface area contributed by atoms with Crippen molar-refractivity contribution in [3.8, 4) is 0 Å². The summed E-state index contributed by atoms with van der Waals surface area (Å²) in [5, 5.41) is 12.7.